The summed E-state index contributed by atoms with van der Waals surface area (Å²) in [6.07, 6.45) is 4.71. The van der Waals surface area contributed by atoms with E-state index in [-0.39, 0.29) is 11.9 Å². The largest absolute Gasteiger partial charge is 0.493 e. The molecule has 6 nitrogen and oxygen atoms in total. The summed E-state index contributed by atoms with van der Waals surface area (Å²) in [5.74, 6) is 1.53. The second kappa shape index (κ2) is 6.51. The summed E-state index contributed by atoms with van der Waals surface area (Å²) in [6.45, 7) is 1.04. The van der Waals surface area contributed by atoms with Gasteiger partial charge < -0.3 is 14.8 Å². The molecule has 0 bridgehead atoms. The molecule has 1 aromatic carbocycles. The Hall–Kier alpha value is -2.50. The van der Waals surface area contributed by atoms with Gasteiger partial charge in [0.2, 0.25) is 5.91 Å². The molecule has 1 aliphatic heterocycles. The molecule has 22 heavy (non-hydrogen) atoms. The number of carbonyl (C=O) groups is 1. The van der Waals surface area contributed by atoms with Crippen LogP contribution in [0.15, 0.2) is 36.7 Å². The van der Waals surface area contributed by atoms with Crippen molar-refractivity contribution in [2.45, 2.75) is 25.4 Å². The number of para-hydroxylation sites is 1. The lowest BCUT2D eigenvalue weighted by Gasteiger charge is -2.27. The summed E-state index contributed by atoms with van der Waals surface area (Å²) >= 11 is 0. The SMILES string of the molecule is COc1cccc2c1OCC(NC(=O)CCn1cccn1)C2. The second-order valence-electron chi connectivity index (χ2n) is 5.25. The molecular formula is C16H19N3O3. The van der Waals surface area contributed by atoms with Crippen molar-refractivity contribution in [1.82, 2.24) is 15.1 Å². The fourth-order valence-corrected chi connectivity index (χ4v) is 2.60. The minimum atomic E-state index is -0.00951. The first-order chi connectivity index (χ1) is 10.8. The van der Waals surface area contributed by atoms with E-state index in [9.17, 15) is 4.79 Å². The molecule has 1 aromatic heterocycles. The van der Waals surface area contributed by atoms with Crippen LogP contribution in [0.25, 0.3) is 0 Å². The van der Waals surface area contributed by atoms with E-state index in [2.05, 4.69) is 10.4 Å². The number of amides is 1. The summed E-state index contributed by atoms with van der Waals surface area (Å²) < 4.78 is 12.8. The van der Waals surface area contributed by atoms with E-state index in [4.69, 9.17) is 9.47 Å². The first kappa shape index (κ1) is 14.4. The van der Waals surface area contributed by atoms with Gasteiger partial charge in [0.15, 0.2) is 11.5 Å². The summed E-state index contributed by atoms with van der Waals surface area (Å²) in [7, 11) is 1.63. The van der Waals surface area contributed by atoms with E-state index in [1.807, 2.05) is 30.5 Å². The number of rotatable bonds is 5. The normalized spacial score (nSPS) is 16.5. The number of carbonyl (C=O) groups excluding carboxylic acids is 1. The number of ether oxygens (including phenoxy) is 2. The highest BCUT2D eigenvalue weighted by atomic mass is 16.5. The zero-order chi connectivity index (χ0) is 15.4. The number of aromatic nitrogens is 2. The number of benzene rings is 1. The Morgan fingerprint density at radius 1 is 1.50 bits per heavy atom. The highest BCUT2D eigenvalue weighted by Crippen LogP contribution is 2.34. The van der Waals surface area contributed by atoms with Gasteiger partial charge in [0.05, 0.1) is 13.2 Å². The first-order valence-corrected chi connectivity index (χ1v) is 7.31. The van der Waals surface area contributed by atoms with Crippen molar-refractivity contribution < 1.29 is 14.3 Å². The summed E-state index contributed by atoms with van der Waals surface area (Å²) in [5.41, 5.74) is 1.06. The van der Waals surface area contributed by atoms with Gasteiger partial charge in [-0.25, -0.2) is 0 Å². The van der Waals surface area contributed by atoms with Gasteiger partial charge in [0, 0.05) is 30.9 Å². The molecule has 0 aliphatic carbocycles. The fourth-order valence-electron chi connectivity index (χ4n) is 2.60. The minimum absolute atomic E-state index is 0.00951. The van der Waals surface area contributed by atoms with Gasteiger partial charge in [-0.3, -0.25) is 9.48 Å². The van der Waals surface area contributed by atoms with Crippen LogP contribution in [0.5, 0.6) is 11.5 Å². The van der Waals surface area contributed by atoms with E-state index in [0.29, 0.717) is 19.6 Å². The number of hydrogen-bond acceptors (Lipinski definition) is 4. The molecule has 1 atom stereocenters. The average molecular weight is 301 g/mol. The average Bonchev–Trinajstić information content (AvgIpc) is 3.05. The van der Waals surface area contributed by atoms with Gasteiger partial charge in [0.25, 0.3) is 0 Å². The van der Waals surface area contributed by atoms with Crippen molar-refractivity contribution in [3.05, 3.63) is 42.2 Å². The van der Waals surface area contributed by atoms with Crippen LogP contribution in [0, 0.1) is 0 Å². The molecule has 3 rings (SSSR count). The number of aryl methyl sites for hydroxylation is 1. The van der Waals surface area contributed by atoms with Crippen molar-refractivity contribution in [3.63, 3.8) is 0 Å². The number of fused-ring (bicyclic) bond motifs is 1. The van der Waals surface area contributed by atoms with Gasteiger partial charge in [-0.05, 0) is 18.6 Å². The van der Waals surface area contributed by atoms with E-state index >= 15 is 0 Å². The monoisotopic (exact) mass is 301 g/mol. The summed E-state index contributed by atoms with van der Waals surface area (Å²) in [6, 6.07) is 7.65. The molecule has 0 fully saturated rings. The summed E-state index contributed by atoms with van der Waals surface area (Å²) in [5, 5.41) is 7.10. The zero-order valence-electron chi connectivity index (χ0n) is 12.5. The quantitative estimate of drug-likeness (QED) is 0.906. The molecule has 1 aliphatic rings. The van der Waals surface area contributed by atoms with Gasteiger partial charge in [-0.1, -0.05) is 12.1 Å². The van der Waals surface area contributed by atoms with Crippen LogP contribution in [0.3, 0.4) is 0 Å². The molecule has 0 spiro atoms. The maximum absolute atomic E-state index is 12.0. The van der Waals surface area contributed by atoms with Crippen molar-refractivity contribution in [1.29, 1.82) is 0 Å². The van der Waals surface area contributed by atoms with E-state index < -0.39 is 0 Å². The Morgan fingerprint density at radius 2 is 2.41 bits per heavy atom. The molecular weight excluding hydrogens is 282 g/mol. The molecule has 1 amide bonds. The Balaban J connectivity index is 1.55. The molecule has 2 heterocycles. The van der Waals surface area contributed by atoms with Crippen LogP contribution in [-0.2, 0) is 17.8 Å². The Labute approximate surface area is 129 Å². The Bertz CT molecular complexity index is 640. The summed E-state index contributed by atoms with van der Waals surface area (Å²) in [4.78, 5) is 12.0. The molecule has 1 unspecified atom stereocenters. The van der Waals surface area contributed by atoms with Crippen LogP contribution in [0.1, 0.15) is 12.0 Å². The lowest BCUT2D eigenvalue weighted by atomic mass is 10.0. The maximum atomic E-state index is 12.0. The second-order valence-corrected chi connectivity index (χ2v) is 5.25. The number of nitrogens with one attached hydrogen (secondary N) is 1. The van der Waals surface area contributed by atoms with Gasteiger partial charge in [-0.15, -0.1) is 0 Å². The number of hydrogen-bond donors (Lipinski definition) is 1. The third-order valence-corrected chi connectivity index (χ3v) is 3.67. The number of nitrogens with zero attached hydrogens (tertiary/aromatic N) is 2. The van der Waals surface area contributed by atoms with Gasteiger partial charge >= 0.3 is 0 Å². The highest BCUT2D eigenvalue weighted by molar-refractivity contribution is 5.76. The highest BCUT2D eigenvalue weighted by Gasteiger charge is 2.23. The van der Waals surface area contributed by atoms with Crippen molar-refractivity contribution >= 4 is 5.91 Å². The van der Waals surface area contributed by atoms with Crippen LogP contribution >= 0.6 is 0 Å². The zero-order valence-corrected chi connectivity index (χ0v) is 12.5. The molecule has 0 radical (unpaired) electrons. The predicted molar refractivity (Wildman–Crippen MR) is 81.0 cm³/mol. The lowest BCUT2D eigenvalue weighted by Crippen LogP contribution is -2.43. The smallest absolute Gasteiger partial charge is 0.222 e. The minimum Gasteiger partial charge on any atom is -0.493 e. The topological polar surface area (TPSA) is 65.4 Å². The van der Waals surface area contributed by atoms with Crippen LogP contribution in [-0.4, -0.2) is 35.4 Å². The molecule has 0 saturated carbocycles. The maximum Gasteiger partial charge on any atom is 0.222 e. The van der Waals surface area contributed by atoms with Crippen molar-refractivity contribution in [3.8, 4) is 11.5 Å². The van der Waals surface area contributed by atoms with E-state index in [1.165, 1.54) is 0 Å². The van der Waals surface area contributed by atoms with Crippen LogP contribution < -0.4 is 14.8 Å². The van der Waals surface area contributed by atoms with E-state index in [0.717, 1.165) is 23.5 Å². The van der Waals surface area contributed by atoms with E-state index in [1.54, 1.807) is 18.0 Å². The van der Waals surface area contributed by atoms with Gasteiger partial charge in [0.1, 0.15) is 6.61 Å². The Kier molecular flexibility index (Phi) is 4.27. The third-order valence-electron chi connectivity index (χ3n) is 3.67. The molecule has 6 heteroatoms. The lowest BCUT2D eigenvalue weighted by molar-refractivity contribution is -0.122. The predicted octanol–water partition coefficient (Wildman–Crippen LogP) is 1.40. The molecule has 0 saturated heterocycles. The molecule has 2 aromatic rings. The standard InChI is InChI=1S/C16H19N3O3/c1-21-14-5-2-4-12-10-13(11-22-16(12)14)18-15(20)6-9-19-8-3-7-17-19/h2-5,7-8,13H,6,9-11H2,1H3,(H,18,20). The van der Waals surface area contributed by atoms with Crippen LogP contribution in [0.2, 0.25) is 0 Å². The Morgan fingerprint density at radius 3 is 3.18 bits per heavy atom. The van der Waals surface area contributed by atoms with Gasteiger partial charge in [-0.2, -0.15) is 5.10 Å². The first-order valence-electron chi connectivity index (χ1n) is 7.31. The van der Waals surface area contributed by atoms with Crippen LogP contribution in [0.4, 0.5) is 0 Å². The fraction of sp³-hybridized carbons (Fsp3) is 0.375. The number of methoxy groups -OCH3 is 1. The van der Waals surface area contributed by atoms with Crippen molar-refractivity contribution in [2.24, 2.45) is 0 Å². The van der Waals surface area contributed by atoms with Crippen molar-refractivity contribution in [2.75, 3.05) is 13.7 Å². The molecule has 116 valence electrons. The third kappa shape index (κ3) is 3.21. The molecule has 1 N–H and O–H groups in total.